The van der Waals surface area contributed by atoms with E-state index in [1.54, 1.807) is 45.1 Å². The number of nitrogens with zero attached hydrogens (tertiary/aromatic N) is 3. The highest BCUT2D eigenvalue weighted by Gasteiger charge is 2.25. The molecule has 166 valence electrons. The lowest BCUT2D eigenvalue weighted by Crippen LogP contribution is -1.97. The Kier molecular flexibility index (Phi) is 5.89. The van der Waals surface area contributed by atoms with Crippen LogP contribution in [0.15, 0.2) is 74.8 Å². The standard InChI is InChI=1S/C24H19N3O4S2/c1-28-17-11-10-15(20(29-2)21(17)30-3)19-23(31-22(27-19)14-7-6-12-25-13-14)33-24-26-16-8-4-5-9-18(16)32-24/h4-13H,1-3H3. The lowest BCUT2D eigenvalue weighted by Gasteiger charge is -2.14. The molecule has 0 atom stereocenters. The van der Waals surface area contributed by atoms with Gasteiger partial charge in [0.15, 0.2) is 20.9 Å². The minimum absolute atomic E-state index is 0.457. The largest absolute Gasteiger partial charge is 0.493 e. The van der Waals surface area contributed by atoms with E-state index in [9.17, 15) is 0 Å². The lowest BCUT2D eigenvalue weighted by molar-refractivity contribution is 0.325. The summed E-state index contributed by atoms with van der Waals surface area (Å²) >= 11 is 3.02. The summed E-state index contributed by atoms with van der Waals surface area (Å²) in [5.74, 6) is 2.02. The zero-order valence-corrected chi connectivity index (χ0v) is 19.7. The Bertz CT molecular complexity index is 1380. The van der Waals surface area contributed by atoms with E-state index in [4.69, 9.17) is 28.6 Å². The fourth-order valence-corrected chi connectivity index (χ4v) is 5.46. The molecule has 3 heterocycles. The average Bonchev–Trinajstić information content (AvgIpc) is 3.47. The first kappa shape index (κ1) is 21.3. The number of para-hydroxylation sites is 1. The molecule has 0 aliphatic carbocycles. The number of ether oxygens (including phenoxy) is 3. The first-order valence-electron chi connectivity index (χ1n) is 9.95. The molecule has 0 saturated carbocycles. The maximum absolute atomic E-state index is 6.24. The van der Waals surface area contributed by atoms with Crippen LogP contribution >= 0.6 is 23.1 Å². The van der Waals surface area contributed by atoms with Gasteiger partial charge < -0.3 is 18.6 Å². The van der Waals surface area contributed by atoms with E-state index in [0.29, 0.717) is 33.9 Å². The summed E-state index contributed by atoms with van der Waals surface area (Å²) in [7, 11) is 4.75. The van der Waals surface area contributed by atoms with E-state index in [0.717, 1.165) is 25.7 Å². The Labute approximate surface area is 198 Å². The second kappa shape index (κ2) is 9.13. The van der Waals surface area contributed by atoms with Gasteiger partial charge in [0.2, 0.25) is 11.6 Å². The molecule has 0 saturated heterocycles. The molecule has 33 heavy (non-hydrogen) atoms. The van der Waals surface area contributed by atoms with Crippen LogP contribution in [0.3, 0.4) is 0 Å². The Morgan fingerprint density at radius 2 is 1.73 bits per heavy atom. The van der Waals surface area contributed by atoms with Crippen LogP contribution in [0.1, 0.15) is 0 Å². The number of hydrogen-bond acceptors (Lipinski definition) is 9. The number of fused-ring (bicyclic) bond motifs is 1. The van der Waals surface area contributed by atoms with Crippen molar-refractivity contribution in [2.45, 2.75) is 9.43 Å². The topological polar surface area (TPSA) is 79.5 Å². The lowest BCUT2D eigenvalue weighted by atomic mass is 10.1. The minimum atomic E-state index is 0.457. The fourth-order valence-electron chi connectivity index (χ4n) is 3.42. The third kappa shape index (κ3) is 4.01. The summed E-state index contributed by atoms with van der Waals surface area (Å²) in [6.45, 7) is 0. The number of aromatic nitrogens is 3. The molecule has 0 radical (unpaired) electrons. The summed E-state index contributed by atoms with van der Waals surface area (Å²) in [6.07, 6.45) is 3.43. The van der Waals surface area contributed by atoms with Crippen molar-refractivity contribution in [1.82, 2.24) is 15.0 Å². The molecule has 0 aliphatic rings. The molecular formula is C24H19N3O4S2. The van der Waals surface area contributed by atoms with Crippen molar-refractivity contribution in [3.05, 3.63) is 60.9 Å². The number of methoxy groups -OCH3 is 3. The third-order valence-corrected chi connectivity index (χ3v) is 6.98. The van der Waals surface area contributed by atoms with Gasteiger partial charge in [-0.25, -0.2) is 9.97 Å². The molecule has 2 aromatic carbocycles. The van der Waals surface area contributed by atoms with Crippen LogP contribution in [-0.4, -0.2) is 36.3 Å². The van der Waals surface area contributed by atoms with Crippen LogP contribution < -0.4 is 14.2 Å². The van der Waals surface area contributed by atoms with Crippen LogP contribution in [0.4, 0.5) is 0 Å². The Hall–Kier alpha value is -3.56. The van der Waals surface area contributed by atoms with E-state index in [2.05, 4.69) is 11.1 Å². The fraction of sp³-hybridized carbons (Fsp3) is 0.125. The maximum atomic E-state index is 6.24. The predicted octanol–water partition coefficient (Wildman–Crippen LogP) is 6.19. The Balaban J connectivity index is 1.67. The van der Waals surface area contributed by atoms with E-state index < -0.39 is 0 Å². The molecule has 0 fully saturated rings. The Morgan fingerprint density at radius 3 is 2.45 bits per heavy atom. The van der Waals surface area contributed by atoms with E-state index in [1.807, 2.05) is 42.5 Å². The van der Waals surface area contributed by atoms with Crippen molar-refractivity contribution in [3.63, 3.8) is 0 Å². The molecule has 7 nitrogen and oxygen atoms in total. The number of pyridine rings is 1. The van der Waals surface area contributed by atoms with Gasteiger partial charge in [0.25, 0.3) is 0 Å². The van der Waals surface area contributed by atoms with Gasteiger partial charge in [0.1, 0.15) is 5.69 Å². The van der Waals surface area contributed by atoms with E-state index in [-0.39, 0.29) is 0 Å². The van der Waals surface area contributed by atoms with Crippen molar-refractivity contribution in [2.75, 3.05) is 21.3 Å². The van der Waals surface area contributed by atoms with Crippen molar-refractivity contribution in [1.29, 1.82) is 0 Å². The zero-order valence-electron chi connectivity index (χ0n) is 18.1. The first-order valence-corrected chi connectivity index (χ1v) is 11.6. The van der Waals surface area contributed by atoms with Gasteiger partial charge in [-0.15, -0.1) is 11.3 Å². The minimum Gasteiger partial charge on any atom is -0.493 e. The average molecular weight is 478 g/mol. The van der Waals surface area contributed by atoms with Gasteiger partial charge in [-0.2, -0.15) is 0 Å². The summed E-state index contributed by atoms with van der Waals surface area (Å²) in [6, 6.07) is 15.5. The van der Waals surface area contributed by atoms with Gasteiger partial charge in [0, 0.05) is 12.4 Å². The quantitative estimate of drug-likeness (QED) is 0.274. The molecule has 0 spiro atoms. The normalized spacial score (nSPS) is 11.0. The highest BCUT2D eigenvalue weighted by atomic mass is 32.2. The number of hydrogen-bond donors (Lipinski definition) is 0. The van der Waals surface area contributed by atoms with Gasteiger partial charge in [0.05, 0.1) is 42.7 Å². The van der Waals surface area contributed by atoms with E-state index >= 15 is 0 Å². The number of rotatable bonds is 7. The van der Waals surface area contributed by atoms with Gasteiger partial charge in [-0.05, 0) is 48.2 Å². The highest BCUT2D eigenvalue weighted by molar-refractivity contribution is 8.01. The van der Waals surface area contributed by atoms with Crippen LogP contribution in [-0.2, 0) is 0 Å². The molecular weight excluding hydrogens is 458 g/mol. The highest BCUT2D eigenvalue weighted by Crippen LogP contribution is 2.48. The SMILES string of the molecule is COc1ccc(-c2nc(-c3cccnc3)oc2Sc2nc3ccccc3s2)c(OC)c1OC. The van der Waals surface area contributed by atoms with Crippen LogP contribution in [0.2, 0.25) is 0 Å². The molecule has 0 unspecified atom stereocenters. The predicted molar refractivity (Wildman–Crippen MR) is 129 cm³/mol. The van der Waals surface area contributed by atoms with Gasteiger partial charge in [-0.3, -0.25) is 4.98 Å². The second-order valence-corrected chi connectivity index (χ2v) is 9.08. The molecule has 3 aromatic heterocycles. The van der Waals surface area contributed by atoms with E-state index in [1.165, 1.54) is 11.8 Å². The number of thiazole rings is 1. The van der Waals surface area contributed by atoms with Crippen LogP contribution in [0.25, 0.3) is 32.9 Å². The Morgan fingerprint density at radius 1 is 0.879 bits per heavy atom. The summed E-state index contributed by atoms with van der Waals surface area (Å²) < 4.78 is 24.9. The third-order valence-electron chi connectivity index (χ3n) is 4.92. The zero-order chi connectivity index (χ0) is 22.8. The number of benzene rings is 2. The van der Waals surface area contributed by atoms with Gasteiger partial charge >= 0.3 is 0 Å². The van der Waals surface area contributed by atoms with Crippen molar-refractivity contribution in [2.24, 2.45) is 0 Å². The maximum Gasteiger partial charge on any atom is 0.229 e. The van der Waals surface area contributed by atoms with Gasteiger partial charge in [-0.1, -0.05) is 12.1 Å². The van der Waals surface area contributed by atoms with Crippen molar-refractivity contribution >= 4 is 33.3 Å². The number of oxazole rings is 1. The molecule has 5 rings (SSSR count). The monoisotopic (exact) mass is 477 g/mol. The summed E-state index contributed by atoms with van der Waals surface area (Å²) in [5.41, 5.74) is 3.06. The second-order valence-electron chi connectivity index (χ2n) is 6.83. The molecule has 0 amide bonds. The first-order chi connectivity index (χ1) is 16.2. The van der Waals surface area contributed by atoms with Crippen LogP contribution in [0, 0.1) is 0 Å². The molecule has 9 heteroatoms. The molecule has 5 aromatic rings. The molecule has 0 N–H and O–H groups in total. The van der Waals surface area contributed by atoms with Crippen LogP contribution in [0.5, 0.6) is 17.2 Å². The molecule has 0 bridgehead atoms. The molecule has 0 aliphatic heterocycles. The summed E-state index contributed by atoms with van der Waals surface area (Å²) in [5, 5.41) is 0.596. The van der Waals surface area contributed by atoms with Crippen molar-refractivity contribution in [3.8, 4) is 40.0 Å². The smallest absolute Gasteiger partial charge is 0.229 e. The van der Waals surface area contributed by atoms with Crippen molar-refractivity contribution < 1.29 is 18.6 Å². The summed E-state index contributed by atoms with van der Waals surface area (Å²) in [4.78, 5) is 13.7.